The maximum atomic E-state index is 10.2. The number of aliphatic carboxylic acids is 1. The first-order chi connectivity index (χ1) is 5.04. The SMILES string of the molecule is NC(C=O)(CO)CCC(=O)O. The van der Waals surface area contributed by atoms with Gasteiger partial charge >= 0.3 is 5.97 Å². The third kappa shape index (κ3) is 3.69. The van der Waals surface area contributed by atoms with E-state index in [1.807, 2.05) is 0 Å². The van der Waals surface area contributed by atoms with Crippen molar-refractivity contribution in [2.45, 2.75) is 18.4 Å². The zero-order chi connectivity index (χ0) is 8.91. The van der Waals surface area contributed by atoms with Crippen LogP contribution < -0.4 is 5.73 Å². The van der Waals surface area contributed by atoms with Gasteiger partial charge in [-0.05, 0) is 6.42 Å². The fraction of sp³-hybridized carbons (Fsp3) is 0.667. The largest absolute Gasteiger partial charge is 0.481 e. The summed E-state index contributed by atoms with van der Waals surface area (Å²) in [5, 5.41) is 16.8. The third-order valence-corrected chi connectivity index (χ3v) is 1.33. The summed E-state index contributed by atoms with van der Waals surface area (Å²) in [6.07, 6.45) is 0.119. The second-order valence-corrected chi connectivity index (χ2v) is 2.40. The number of rotatable bonds is 5. The highest BCUT2D eigenvalue weighted by atomic mass is 16.4. The van der Waals surface area contributed by atoms with Gasteiger partial charge in [-0.15, -0.1) is 0 Å². The normalized spacial score (nSPS) is 15.5. The molecule has 4 N–H and O–H groups in total. The van der Waals surface area contributed by atoms with Crippen molar-refractivity contribution in [1.82, 2.24) is 0 Å². The quantitative estimate of drug-likeness (QED) is 0.437. The Morgan fingerprint density at radius 3 is 2.45 bits per heavy atom. The average molecular weight is 161 g/mol. The number of aliphatic hydroxyl groups excluding tert-OH is 1. The number of carbonyl (C=O) groups is 2. The lowest BCUT2D eigenvalue weighted by molar-refractivity contribution is -0.137. The van der Waals surface area contributed by atoms with Crippen LogP contribution in [0, 0.1) is 0 Å². The van der Waals surface area contributed by atoms with Crippen LogP contribution in [-0.2, 0) is 9.59 Å². The van der Waals surface area contributed by atoms with Crippen molar-refractivity contribution in [3.05, 3.63) is 0 Å². The van der Waals surface area contributed by atoms with Crippen molar-refractivity contribution in [3.63, 3.8) is 0 Å². The van der Waals surface area contributed by atoms with Gasteiger partial charge in [0.2, 0.25) is 0 Å². The number of nitrogens with two attached hydrogens (primary N) is 1. The summed E-state index contributed by atoms with van der Waals surface area (Å²) in [7, 11) is 0. The summed E-state index contributed by atoms with van der Waals surface area (Å²) in [4.78, 5) is 20.2. The van der Waals surface area contributed by atoms with Crippen LogP contribution in [0.5, 0.6) is 0 Å². The molecule has 0 aliphatic carbocycles. The van der Waals surface area contributed by atoms with E-state index in [4.69, 9.17) is 15.9 Å². The van der Waals surface area contributed by atoms with Crippen molar-refractivity contribution in [2.24, 2.45) is 5.73 Å². The molecular weight excluding hydrogens is 150 g/mol. The van der Waals surface area contributed by atoms with E-state index in [9.17, 15) is 9.59 Å². The average Bonchev–Trinajstić information content (AvgIpc) is 2.00. The van der Waals surface area contributed by atoms with Crippen molar-refractivity contribution >= 4 is 12.3 Å². The van der Waals surface area contributed by atoms with Crippen molar-refractivity contribution in [3.8, 4) is 0 Å². The first-order valence-corrected chi connectivity index (χ1v) is 3.12. The van der Waals surface area contributed by atoms with Crippen LogP contribution in [0.25, 0.3) is 0 Å². The van der Waals surface area contributed by atoms with Gasteiger partial charge in [0.05, 0.1) is 12.1 Å². The predicted molar refractivity (Wildman–Crippen MR) is 36.9 cm³/mol. The molecule has 0 amide bonds. The first-order valence-electron chi connectivity index (χ1n) is 3.12. The molecule has 0 aromatic carbocycles. The number of hydrogen-bond acceptors (Lipinski definition) is 4. The van der Waals surface area contributed by atoms with Gasteiger partial charge in [0.1, 0.15) is 6.29 Å². The summed E-state index contributed by atoms with van der Waals surface area (Å²) >= 11 is 0. The van der Waals surface area contributed by atoms with E-state index >= 15 is 0 Å². The minimum atomic E-state index is -1.39. The fourth-order valence-electron chi connectivity index (χ4n) is 0.515. The Hall–Kier alpha value is -0.940. The van der Waals surface area contributed by atoms with Crippen LogP contribution in [0.1, 0.15) is 12.8 Å². The molecule has 0 fully saturated rings. The van der Waals surface area contributed by atoms with E-state index in [-0.39, 0.29) is 12.8 Å². The Bertz CT molecular complexity index is 159. The standard InChI is InChI=1S/C6H11NO4/c7-6(3-8,4-9)2-1-5(10)11/h3,9H,1-2,4,7H2,(H,10,11). The highest BCUT2D eigenvalue weighted by molar-refractivity contribution is 5.69. The minimum absolute atomic E-state index is 0.0394. The molecule has 1 atom stereocenters. The highest BCUT2D eigenvalue weighted by Crippen LogP contribution is 2.05. The molecule has 0 aromatic rings. The zero-order valence-corrected chi connectivity index (χ0v) is 5.99. The van der Waals surface area contributed by atoms with Crippen LogP contribution in [0.2, 0.25) is 0 Å². The van der Waals surface area contributed by atoms with Gasteiger partial charge in [0.25, 0.3) is 0 Å². The third-order valence-electron chi connectivity index (χ3n) is 1.33. The molecule has 11 heavy (non-hydrogen) atoms. The molecule has 1 unspecified atom stereocenters. The molecule has 0 aliphatic rings. The van der Waals surface area contributed by atoms with E-state index in [2.05, 4.69) is 0 Å². The number of carboxylic acid groups (broad SMARTS) is 1. The van der Waals surface area contributed by atoms with Gasteiger partial charge < -0.3 is 20.7 Å². The molecule has 0 radical (unpaired) electrons. The Kier molecular flexibility index (Phi) is 3.70. The molecule has 0 heterocycles. The summed E-state index contributed by atoms with van der Waals surface area (Å²) in [5.74, 6) is -1.03. The first kappa shape index (κ1) is 10.1. The van der Waals surface area contributed by atoms with E-state index in [0.717, 1.165) is 0 Å². The number of hydrogen-bond donors (Lipinski definition) is 3. The lowest BCUT2D eigenvalue weighted by Gasteiger charge is -2.17. The summed E-state index contributed by atoms with van der Waals surface area (Å²) in [5.41, 5.74) is 3.87. The maximum absolute atomic E-state index is 10.2. The summed E-state index contributed by atoms with van der Waals surface area (Å²) in [6.45, 7) is -0.524. The van der Waals surface area contributed by atoms with Gasteiger partial charge in [0, 0.05) is 6.42 Å². The molecule has 0 spiro atoms. The Morgan fingerprint density at radius 1 is 1.64 bits per heavy atom. The Morgan fingerprint density at radius 2 is 2.18 bits per heavy atom. The van der Waals surface area contributed by atoms with Crippen LogP contribution in [0.4, 0.5) is 0 Å². The second-order valence-electron chi connectivity index (χ2n) is 2.40. The molecule has 0 aromatic heterocycles. The number of carbonyl (C=O) groups excluding carboxylic acids is 1. The van der Waals surface area contributed by atoms with Gasteiger partial charge in [-0.25, -0.2) is 0 Å². The second kappa shape index (κ2) is 4.05. The summed E-state index contributed by atoms with van der Waals surface area (Å²) in [6, 6.07) is 0. The smallest absolute Gasteiger partial charge is 0.303 e. The molecule has 0 aliphatic heterocycles. The van der Waals surface area contributed by atoms with Gasteiger partial charge in [-0.2, -0.15) is 0 Å². The predicted octanol–water partition coefficient (Wildman–Crippen LogP) is -1.26. The molecule has 0 saturated heterocycles. The van der Waals surface area contributed by atoms with Crippen LogP contribution in [0.15, 0.2) is 0 Å². The van der Waals surface area contributed by atoms with Gasteiger partial charge in [-0.3, -0.25) is 4.79 Å². The maximum Gasteiger partial charge on any atom is 0.303 e. The Labute approximate surface area is 63.8 Å². The molecule has 0 saturated carbocycles. The van der Waals surface area contributed by atoms with E-state index in [1.165, 1.54) is 0 Å². The number of carboxylic acids is 1. The lowest BCUT2D eigenvalue weighted by atomic mass is 9.98. The lowest BCUT2D eigenvalue weighted by Crippen LogP contribution is -2.45. The van der Waals surface area contributed by atoms with E-state index < -0.39 is 18.1 Å². The molecular formula is C6H11NO4. The molecule has 64 valence electrons. The summed E-state index contributed by atoms with van der Waals surface area (Å²) < 4.78 is 0. The minimum Gasteiger partial charge on any atom is -0.481 e. The topological polar surface area (TPSA) is 101 Å². The van der Waals surface area contributed by atoms with E-state index in [1.54, 1.807) is 0 Å². The monoisotopic (exact) mass is 161 g/mol. The van der Waals surface area contributed by atoms with Crippen LogP contribution in [0.3, 0.4) is 0 Å². The van der Waals surface area contributed by atoms with Crippen LogP contribution in [-0.4, -0.2) is 34.6 Å². The van der Waals surface area contributed by atoms with Crippen LogP contribution >= 0.6 is 0 Å². The fourth-order valence-corrected chi connectivity index (χ4v) is 0.515. The molecule has 5 heteroatoms. The highest BCUT2D eigenvalue weighted by Gasteiger charge is 2.23. The Balaban J connectivity index is 3.87. The van der Waals surface area contributed by atoms with Crippen molar-refractivity contribution < 1.29 is 19.8 Å². The van der Waals surface area contributed by atoms with Crippen molar-refractivity contribution in [1.29, 1.82) is 0 Å². The number of aliphatic hydroxyl groups is 1. The van der Waals surface area contributed by atoms with Gasteiger partial charge in [-0.1, -0.05) is 0 Å². The number of aldehydes is 1. The molecule has 5 nitrogen and oxygen atoms in total. The van der Waals surface area contributed by atoms with E-state index in [0.29, 0.717) is 6.29 Å². The molecule has 0 rings (SSSR count). The zero-order valence-electron chi connectivity index (χ0n) is 5.99. The van der Waals surface area contributed by atoms with Gasteiger partial charge in [0.15, 0.2) is 0 Å². The molecule has 0 bridgehead atoms. The van der Waals surface area contributed by atoms with Crippen molar-refractivity contribution in [2.75, 3.05) is 6.61 Å².